The maximum atomic E-state index is 12.7. The summed E-state index contributed by atoms with van der Waals surface area (Å²) < 4.78 is 6.08. The maximum Gasteiger partial charge on any atom is 0.334 e. The van der Waals surface area contributed by atoms with Gasteiger partial charge in [-0.05, 0) is 30.4 Å². The molecule has 2 aliphatic heterocycles. The number of halogens is 1. The van der Waals surface area contributed by atoms with Gasteiger partial charge in [-0.1, -0.05) is 48.2 Å². The van der Waals surface area contributed by atoms with Crippen LogP contribution in [0.4, 0.5) is 0 Å². The Morgan fingerprint density at radius 3 is 2.61 bits per heavy atom. The fourth-order valence-electron chi connectivity index (χ4n) is 5.99. The number of carbonyl (C=O) groups excluding carboxylic acids is 2. The Hall–Kier alpha value is -3.26. The lowest BCUT2D eigenvalue weighted by atomic mass is 9.77. The minimum atomic E-state index is -1.38. The Labute approximate surface area is 254 Å². The second-order valence-electron chi connectivity index (χ2n) is 10.3. The number of thioether (sulfide) groups is 1. The first-order valence-electron chi connectivity index (χ1n) is 12.9. The number of carboxylic acids is 1. The average Bonchev–Trinajstić information content (AvgIpc) is 3.52. The molecule has 6 rings (SSSR count). The number of aromatic nitrogens is 4. The van der Waals surface area contributed by atoms with Crippen molar-refractivity contribution in [2.24, 2.45) is 11.8 Å². The number of amides is 1. The zero-order chi connectivity index (χ0) is 28.3. The van der Waals surface area contributed by atoms with Crippen molar-refractivity contribution in [3.63, 3.8) is 0 Å². The van der Waals surface area contributed by atoms with Crippen LogP contribution in [0, 0.1) is 11.8 Å². The number of aliphatic carboxylic acids is 1. The van der Waals surface area contributed by atoms with Crippen LogP contribution in [0.2, 0.25) is 0 Å². The molecule has 0 saturated carbocycles. The van der Waals surface area contributed by atoms with E-state index in [1.54, 1.807) is 31.2 Å². The fraction of sp³-hybridized carbons (Fsp3) is 0.321. The van der Waals surface area contributed by atoms with Gasteiger partial charge in [0.15, 0.2) is 0 Å². The molecule has 214 valence electrons. The summed E-state index contributed by atoms with van der Waals surface area (Å²) in [6.07, 6.45) is 8.49. The number of hydrogen-bond acceptors (Lipinski definition) is 7. The van der Waals surface area contributed by atoms with Crippen LogP contribution < -0.4 is 36.8 Å². The number of thiazole rings is 1. The SMILES string of the molecule is CSc1c2sc(C3=C(C(=O)[O-])N4C(=O)[C@H]([C@@H](C)O)[C@H]4[C@H]3C)cn2c[n+]1Cc1cccc(C[n+]2ccc(=O)[nH]c2)c1.[Br-]. The molecule has 1 amide bonds. The zero-order valence-electron chi connectivity index (χ0n) is 22.5. The van der Waals surface area contributed by atoms with Gasteiger partial charge >= 0.3 is 5.56 Å². The molecule has 4 atom stereocenters. The Morgan fingerprint density at radius 2 is 1.98 bits per heavy atom. The molecule has 0 bridgehead atoms. The van der Waals surface area contributed by atoms with E-state index in [-0.39, 0.29) is 46.1 Å². The smallest absolute Gasteiger partial charge is 0.334 e. The van der Waals surface area contributed by atoms with Gasteiger partial charge in [-0.3, -0.25) is 4.79 Å². The lowest BCUT2D eigenvalue weighted by Gasteiger charge is -2.47. The summed E-state index contributed by atoms with van der Waals surface area (Å²) >= 11 is 3.10. The van der Waals surface area contributed by atoms with Gasteiger partial charge in [0.05, 0.1) is 46.9 Å². The molecule has 0 aliphatic carbocycles. The summed E-state index contributed by atoms with van der Waals surface area (Å²) in [5.74, 6) is -2.61. The molecule has 2 N–H and O–H groups in total. The Morgan fingerprint density at radius 1 is 1.24 bits per heavy atom. The maximum absolute atomic E-state index is 12.7. The number of rotatable bonds is 8. The number of aromatic amines is 1. The van der Waals surface area contributed by atoms with Gasteiger partial charge < -0.3 is 36.9 Å². The minimum absolute atomic E-state index is 0. The Balaban J connectivity index is 0.00000337. The summed E-state index contributed by atoms with van der Waals surface area (Å²) in [6.45, 7) is 4.76. The minimum Gasteiger partial charge on any atom is -1.00 e. The number of carboxylic acid groups (broad SMARTS) is 1. The monoisotopic (exact) mass is 657 g/mol. The van der Waals surface area contributed by atoms with Crippen LogP contribution in [0.5, 0.6) is 0 Å². The molecule has 1 aromatic carbocycles. The van der Waals surface area contributed by atoms with Gasteiger partial charge in [0.1, 0.15) is 19.3 Å². The Kier molecular flexibility index (Phi) is 7.99. The first kappa shape index (κ1) is 29.2. The van der Waals surface area contributed by atoms with Crippen LogP contribution >= 0.6 is 23.1 Å². The molecule has 4 aromatic rings. The standard InChI is InChI=1S/C28H27N5O5S2.BrH/c1-15-21(24(28(37)38)33-23(15)22(16(2)34)25(33)36)19-12-32-14-31(26(39-3)27(32)40-19)11-18-6-4-5-17(9-18)10-30-8-7-20(35)29-13-30;/h4-9,12-16,22-23,34H,10-11H2,1-3H3;1H/t15-,16+,22+,23+;/m0./s1. The molecule has 0 radical (unpaired) electrons. The van der Waals surface area contributed by atoms with Crippen LogP contribution in [0.3, 0.4) is 0 Å². The summed E-state index contributed by atoms with van der Waals surface area (Å²) in [5, 5.41) is 23.4. The van der Waals surface area contributed by atoms with E-state index in [4.69, 9.17) is 0 Å². The molecule has 10 nitrogen and oxygen atoms in total. The van der Waals surface area contributed by atoms with Crippen molar-refractivity contribution < 1.29 is 45.9 Å². The second kappa shape index (κ2) is 11.2. The van der Waals surface area contributed by atoms with Crippen LogP contribution in [0.15, 0.2) is 70.9 Å². The highest BCUT2D eigenvalue weighted by Crippen LogP contribution is 2.51. The van der Waals surface area contributed by atoms with Gasteiger partial charge in [-0.25, -0.2) is 18.9 Å². The van der Waals surface area contributed by atoms with Crippen LogP contribution in [-0.4, -0.2) is 49.7 Å². The number of nitrogens with one attached hydrogen (secondary N) is 1. The quantitative estimate of drug-likeness (QED) is 0.122. The molecule has 1 saturated heterocycles. The van der Waals surface area contributed by atoms with Gasteiger partial charge in [0.25, 0.3) is 6.33 Å². The number of hydrogen-bond donors (Lipinski definition) is 2. The summed E-state index contributed by atoms with van der Waals surface area (Å²) in [4.78, 5) is 42.0. The number of nitrogens with zero attached hydrogens (tertiary/aromatic N) is 4. The van der Waals surface area contributed by atoms with Gasteiger partial charge in [0, 0.05) is 11.5 Å². The van der Waals surface area contributed by atoms with E-state index in [1.165, 1.54) is 22.3 Å². The second-order valence-corrected chi connectivity index (χ2v) is 12.1. The third kappa shape index (κ3) is 4.94. The van der Waals surface area contributed by atoms with Crippen molar-refractivity contribution in [1.29, 1.82) is 0 Å². The molecule has 13 heteroatoms. The molecule has 5 heterocycles. The number of carbonyl (C=O) groups is 2. The van der Waals surface area contributed by atoms with Crippen LogP contribution in [-0.2, 0) is 22.7 Å². The summed E-state index contributed by atoms with van der Waals surface area (Å²) in [5.41, 5.74) is 2.59. The third-order valence-electron chi connectivity index (χ3n) is 7.73. The molecule has 2 aliphatic rings. The molecule has 1 fully saturated rings. The number of aliphatic hydroxyl groups excluding tert-OH is 1. The zero-order valence-corrected chi connectivity index (χ0v) is 25.7. The van der Waals surface area contributed by atoms with Crippen molar-refractivity contribution in [3.8, 4) is 0 Å². The highest BCUT2D eigenvalue weighted by atomic mass is 79.9. The van der Waals surface area contributed by atoms with Crippen molar-refractivity contribution in [2.45, 2.75) is 44.1 Å². The van der Waals surface area contributed by atoms with Crippen molar-refractivity contribution >= 4 is 45.4 Å². The van der Waals surface area contributed by atoms with Crippen LogP contribution in [0.1, 0.15) is 29.9 Å². The highest BCUT2D eigenvalue weighted by molar-refractivity contribution is 7.98. The molecule has 0 spiro atoms. The average molecular weight is 659 g/mol. The van der Waals surface area contributed by atoms with Crippen LogP contribution in [0.25, 0.3) is 10.4 Å². The van der Waals surface area contributed by atoms with E-state index >= 15 is 0 Å². The molecular weight excluding hydrogens is 630 g/mol. The van der Waals surface area contributed by atoms with E-state index in [0.717, 1.165) is 25.9 Å². The van der Waals surface area contributed by atoms with Crippen molar-refractivity contribution in [3.05, 3.63) is 87.4 Å². The van der Waals surface area contributed by atoms with Gasteiger partial charge in [0.2, 0.25) is 22.1 Å². The summed E-state index contributed by atoms with van der Waals surface area (Å²) in [7, 11) is 0. The first-order chi connectivity index (χ1) is 19.2. The number of H-pyrrole nitrogens is 1. The lowest BCUT2D eigenvalue weighted by Crippen LogP contribution is -3.00. The number of imidazole rings is 1. The normalized spacial score (nSPS) is 20.6. The van der Waals surface area contributed by atoms with E-state index in [2.05, 4.69) is 21.7 Å². The summed E-state index contributed by atoms with van der Waals surface area (Å²) in [6, 6.07) is 9.40. The fourth-order valence-corrected chi connectivity index (χ4v) is 8.17. The number of aliphatic hydroxyl groups is 1. The molecule has 0 unspecified atom stereocenters. The highest BCUT2D eigenvalue weighted by Gasteiger charge is 2.59. The molecule has 3 aromatic heterocycles. The van der Waals surface area contributed by atoms with Crippen molar-refractivity contribution in [1.82, 2.24) is 14.3 Å². The Bertz CT molecular complexity index is 1740. The number of fused-ring (bicyclic) bond motifs is 2. The topological polar surface area (TPSA) is 126 Å². The van der Waals surface area contributed by atoms with E-state index in [1.807, 2.05) is 46.8 Å². The largest absolute Gasteiger partial charge is 1.00 e. The number of benzene rings is 1. The van der Waals surface area contributed by atoms with Gasteiger partial charge in [-0.15, -0.1) is 0 Å². The van der Waals surface area contributed by atoms with Crippen molar-refractivity contribution in [2.75, 3.05) is 6.26 Å². The van der Waals surface area contributed by atoms with Gasteiger partial charge in [-0.2, -0.15) is 4.40 Å². The van der Waals surface area contributed by atoms with E-state index in [9.17, 15) is 24.6 Å². The molecular formula is C28H28BrN5O5S2. The first-order valence-corrected chi connectivity index (χ1v) is 14.9. The predicted octanol–water partition coefficient (Wildman–Crippen LogP) is -2.59. The predicted molar refractivity (Wildman–Crippen MR) is 146 cm³/mol. The van der Waals surface area contributed by atoms with E-state index < -0.39 is 18.0 Å². The molecule has 41 heavy (non-hydrogen) atoms. The lowest BCUT2D eigenvalue weighted by molar-refractivity contribution is -0.721. The van der Waals surface area contributed by atoms with E-state index in [0.29, 0.717) is 18.7 Å². The number of β-lactam (4-membered cyclic amide) rings is 1. The third-order valence-corrected chi connectivity index (χ3v) is 9.82.